The second kappa shape index (κ2) is 5.20. The highest BCUT2D eigenvalue weighted by atomic mass is 32.1. The van der Waals surface area contributed by atoms with Gasteiger partial charge in [0.05, 0.1) is 17.7 Å². The number of nitrogens with zero attached hydrogens (tertiary/aromatic N) is 3. The molecule has 1 atom stereocenters. The number of aromatic nitrogens is 3. The average molecular weight is 251 g/mol. The van der Waals surface area contributed by atoms with Crippen LogP contribution >= 0.6 is 11.5 Å². The molecule has 2 rings (SSSR count). The summed E-state index contributed by atoms with van der Waals surface area (Å²) in [5, 5.41) is 14.3. The summed E-state index contributed by atoms with van der Waals surface area (Å²) < 4.78 is 9.04. The summed E-state index contributed by atoms with van der Waals surface area (Å²) in [6, 6.07) is 3.53. The Labute approximate surface area is 103 Å². The number of aryl methyl sites for hydroxylation is 1. The molecule has 0 radical (unpaired) electrons. The molecule has 90 valence electrons. The molecule has 17 heavy (non-hydrogen) atoms. The Balaban J connectivity index is 2.40. The van der Waals surface area contributed by atoms with E-state index in [0.29, 0.717) is 11.4 Å². The van der Waals surface area contributed by atoms with E-state index >= 15 is 0 Å². The molecule has 0 spiro atoms. The molecule has 2 heterocycles. The molecule has 0 aromatic carbocycles. The Kier molecular flexibility index (Phi) is 3.65. The zero-order valence-corrected chi connectivity index (χ0v) is 10.4. The van der Waals surface area contributed by atoms with E-state index in [0.717, 1.165) is 17.0 Å². The Bertz CT molecular complexity index is 501. The number of pyridine rings is 1. The lowest BCUT2D eigenvalue weighted by molar-refractivity contribution is 0.211. The quantitative estimate of drug-likeness (QED) is 0.893. The molecule has 0 aliphatic rings. The van der Waals surface area contributed by atoms with E-state index in [1.165, 1.54) is 11.5 Å². The van der Waals surface area contributed by atoms with Gasteiger partial charge in [0, 0.05) is 6.20 Å². The van der Waals surface area contributed by atoms with E-state index in [4.69, 9.17) is 4.74 Å². The van der Waals surface area contributed by atoms with Crippen LogP contribution in [0.25, 0.3) is 0 Å². The van der Waals surface area contributed by atoms with E-state index < -0.39 is 6.10 Å². The van der Waals surface area contributed by atoms with Gasteiger partial charge in [-0.1, -0.05) is 11.4 Å². The molecule has 0 amide bonds. The predicted octanol–water partition coefficient (Wildman–Crippen LogP) is 1.59. The second-order valence-electron chi connectivity index (χ2n) is 3.43. The number of hydrogen-bond acceptors (Lipinski definition) is 6. The summed E-state index contributed by atoms with van der Waals surface area (Å²) in [5.74, 6) is 0.565. The van der Waals surface area contributed by atoms with Crippen molar-refractivity contribution in [3.63, 3.8) is 0 Å². The highest BCUT2D eigenvalue weighted by Gasteiger charge is 2.22. The zero-order valence-electron chi connectivity index (χ0n) is 9.62. The molecule has 0 aliphatic heterocycles. The van der Waals surface area contributed by atoms with Crippen LogP contribution in [0.3, 0.4) is 0 Å². The SMILES string of the molecule is CCc1nnsc1C(O)c1ncccc1OC. The maximum atomic E-state index is 10.3. The molecule has 1 unspecified atom stereocenters. The smallest absolute Gasteiger partial charge is 0.143 e. The van der Waals surface area contributed by atoms with Crippen LogP contribution in [-0.2, 0) is 6.42 Å². The van der Waals surface area contributed by atoms with Crippen LogP contribution in [0, 0.1) is 0 Å². The fraction of sp³-hybridized carbons (Fsp3) is 0.364. The van der Waals surface area contributed by atoms with E-state index in [2.05, 4.69) is 14.6 Å². The first-order valence-corrected chi connectivity index (χ1v) is 6.03. The fourth-order valence-corrected chi connectivity index (χ4v) is 2.30. The van der Waals surface area contributed by atoms with Crippen LogP contribution in [0.1, 0.15) is 29.3 Å². The number of rotatable bonds is 4. The van der Waals surface area contributed by atoms with E-state index in [1.54, 1.807) is 25.4 Å². The van der Waals surface area contributed by atoms with Crippen LogP contribution in [-0.4, -0.2) is 26.8 Å². The maximum absolute atomic E-state index is 10.3. The van der Waals surface area contributed by atoms with Gasteiger partial charge in [0.25, 0.3) is 0 Å². The number of ether oxygens (including phenoxy) is 1. The Morgan fingerprint density at radius 1 is 1.53 bits per heavy atom. The average Bonchev–Trinajstić information content (AvgIpc) is 2.86. The van der Waals surface area contributed by atoms with Gasteiger partial charge < -0.3 is 9.84 Å². The highest BCUT2D eigenvalue weighted by Crippen LogP contribution is 2.31. The predicted molar refractivity (Wildman–Crippen MR) is 64.1 cm³/mol. The normalized spacial score (nSPS) is 12.4. The molecule has 5 nitrogen and oxygen atoms in total. The summed E-state index contributed by atoms with van der Waals surface area (Å²) in [7, 11) is 1.55. The maximum Gasteiger partial charge on any atom is 0.143 e. The van der Waals surface area contributed by atoms with Gasteiger partial charge in [-0.15, -0.1) is 5.10 Å². The van der Waals surface area contributed by atoms with Gasteiger partial charge in [0.2, 0.25) is 0 Å². The third-order valence-corrected chi connectivity index (χ3v) is 3.27. The molecule has 6 heteroatoms. The monoisotopic (exact) mass is 251 g/mol. The van der Waals surface area contributed by atoms with Gasteiger partial charge in [-0.05, 0) is 30.1 Å². The lowest BCUT2D eigenvalue weighted by atomic mass is 10.1. The Morgan fingerprint density at radius 2 is 2.35 bits per heavy atom. The van der Waals surface area contributed by atoms with Crippen molar-refractivity contribution < 1.29 is 9.84 Å². The van der Waals surface area contributed by atoms with Gasteiger partial charge in [-0.2, -0.15) is 0 Å². The molecule has 2 aromatic rings. The van der Waals surface area contributed by atoms with Crippen LogP contribution in [0.2, 0.25) is 0 Å². The van der Waals surface area contributed by atoms with Crippen molar-refractivity contribution in [3.8, 4) is 5.75 Å². The minimum absolute atomic E-state index is 0.496. The highest BCUT2D eigenvalue weighted by molar-refractivity contribution is 7.05. The Hall–Kier alpha value is -1.53. The number of aliphatic hydroxyl groups is 1. The van der Waals surface area contributed by atoms with Gasteiger partial charge in [-0.3, -0.25) is 4.98 Å². The van der Waals surface area contributed by atoms with Crippen LogP contribution in [0.4, 0.5) is 0 Å². The molecule has 0 fully saturated rings. The van der Waals surface area contributed by atoms with Gasteiger partial charge in [0.1, 0.15) is 17.5 Å². The topological polar surface area (TPSA) is 68.1 Å². The third kappa shape index (κ3) is 2.27. The van der Waals surface area contributed by atoms with Gasteiger partial charge >= 0.3 is 0 Å². The van der Waals surface area contributed by atoms with Gasteiger partial charge in [-0.25, -0.2) is 0 Å². The van der Waals surface area contributed by atoms with Gasteiger partial charge in [0.15, 0.2) is 0 Å². The van der Waals surface area contributed by atoms with E-state index in [-0.39, 0.29) is 0 Å². The number of hydrogen-bond donors (Lipinski definition) is 1. The van der Waals surface area contributed by atoms with Crippen LogP contribution < -0.4 is 4.74 Å². The molecule has 0 saturated heterocycles. The molecule has 0 saturated carbocycles. The first-order valence-electron chi connectivity index (χ1n) is 5.26. The van der Waals surface area contributed by atoms with Crippen molar-refractivity contribution in [2.45, 2.75) is 19.4 Å². The standard InChI is InChI=1S/C11H13N3O2S/c1-3-7-11(17-14-13-7)10(15)9-8(16-2)5-4-6-12-9/h4-6,10,15H,3H2,1-2H3. The van der Waals surface area contributed by atoms with Crippen molar-refractivity contribution in [2.24, 2.45) is 0 Å². The minimum atomic E-state index is -0.832. The summed E-state index contributed by atoms with van der Waals surface area (Å²) >= 11 is 1.19. The summed E-state index contributed by atoms with van der Waals surface area (Å²) in [5.41, 5.74) is 1.30. The second-order valence-corrected chi connectivity index (χ2v) is 4.22. The van der Waals surface area contributed by atoms with Crippen molar-refractivity contribution in [2.75, 3.05) is 7.11 Å². The first-order chi connectivity index (χ1) is 8.27. The van der Waals surface area contributed by atoms with Crippen LogP contribution in [0.15, 0.2) is 18.3 Å². The molecule has 0 bridgehead atoms. The summed E-state index contributed by atoms with van der Waals surface area (Å²) in [6.45, 7) is 1.97. The lowest BCUT2D eigenvalue weighted by Crippen LogP contribution is -2.05. The molecule has 1 N–H and O–H groups in total. The zero-order chi connectivity index (χ0) is 12.3. The van der Waals surface area contributed by atoms with Crippen molar-refractivity contribution in [3.05, 3.63) is 34.6 Å². The molecular weight excluding hydrogens is 238 g/mol. The molecule has 2 aromatic heterocycles. The Morgan fingerprint density at radius 3 is 3.06 bits per heavy atom. The van der Waals surface area contributed by atoms with Crippen molar-refractivity contribution >= 4 is 11.5 Å². The number of aliphatic hydroxyl groups excluding tert-OH is 1. The first kappa shape index (κ1) is 11.9. The lowest BCUT2D eigenvalue weighted by Gasteiger charge is -2.12. The van der Waals surface area contributed by atoms with E-state index in [1.807, 2.05) is 6.92 Å². The van der Waals surface area contributed by atoms with E-state index in [9.17, 15) is 5.11 Å². The van der Waals surface area contributed by atoms with Crippen molar-refractivity contribution in [1.29, 1.82) is 0 Å². The van der Waals surface area contributed by atoms with Crippen molar-refractivity contribution in [1.82, 2.24) is 14.6 Å². The third-order valence-electron chi connectivity index (χ3n) is 2.45. The molecule has 0 aliphatic carbocycles. The molecular formula is C11H13N3O2S. The minimum Gasteiger partial charge on any atom is -0.495 e. The fourth-order valence-electron chi connectivity index (χ4n) is 1.57. The summed E-state index contributed by atoms with van der Waals surface area (Å²) in [6.07, 6.45) is 1.53. The number of methoxy groups -OCH3 is 1. The summed E-state index contributed by atoms with van der Waals surface area (Å²) in [4.78, 5) is 4.88. The van der Waals surface area contributed by atoms with Crippen LogP contribution in [0.5, 0.6) is 5.75 Å². The largest absolute Gasteiger partial charge is 0.495 e.